The van der Waals surface area contributed by atoms with Gasteiger partial charge in [0.05, 0.1) is 11.4 Å². The topological polar surface area (TPSA) is 33.2 Å². The molecular weight excluding hydrogens is 360 g/mol. The second-order valence-electron chi connectivity index (χ2n) is 6.17. The van der Waals surface area contributed by atoms with E-state index in [1.165, 1.54) is 22.5 Å². The zero-order valence-corrected chi connectivity index (χ0v) is 16.9. The minimum Gasteiger partial charge on any atom is -0.274 e. The number of carbonyl (C=O) groups is 1. The number of amides is 1. The summed E-state index contributed by atoms with van der Waals surface area (Å²) in [5.41, 5.74) is 5.52. The molecule has 0 unspecified atom stereocenters. The van der Waals surface area contributed by atoms with Gasteiger partial charge in [-0.1, -0.05) is 42.5 Å². The summed E-state index contributed by atoms with van der Waals surface area (Å²) in [4.78, 5) is 18.7. The Balaban J connectivity index is 1.74. The standard InChI is InChI=1S/C21H22N2OS2/c1-15-8-7-11-20(16(15)2)23(17(3)24)21-22-19(14-26-21)13-25-12-18-9-5-4-6-10-18/h4-11,14H,12-13H2,1-3H3. The van der Waals surface area contributed by atoms with Crippen LogP contribution in [0.3, 0.4) is 0 Å². The van der Waals surface area contributed by atoms with Crippen LogP contribution in [-0.2, 0) is 16.3 Å². The summed E-state index contributed by atoms with van der Waals surface area (Å²) < 4.78 is 0. The smallest absolute Gasteiger partial charge is 0.230 e. The third kappa shape index (κ3) is 4.34. The molecule has 2 aromatic carbocycles. The monoisotopic (exact) mass is 382 g/mol. The number of hydrogen-bond donors (Lipinski definition) is 0. The van der Waals surface area contributed by atoms with Crippen LogP contribution in [0, 0.1) is 13.8 Å². The van der Waals surface area contributed by atoms with Gasteiger partial charge in [0.1, 0.15) is 0 Å². The molecule has 3 aromatic rings. The molecule has 3 rings (SSSR count). The van der Waals surface area contributed by atoms with Crippen LogP contribution >= 0.6 is 23.1 Å². The number of thioether (sulfide) groups is 1. The summed E-state index contributed by atoms with van der Waals surface area (Å²) in [6.07, 6.45) is 0. The van der Waals surface area contributed by atoms with E-state index in [9.17, 15) is 4.79 Å². The third-order valence-electron chi connectivity index (χ3n) is 4.22. The first kappa shape index (κ1) is 18.7. The fraction of sp³-hybridized carbons (Fsp3) is 0.238. The first-order valence-corrected chi connectivity index (χ1v) is 10.5. The molecule has 0 aliphatic carbocycles. The second kappa shape index (κ2) is 8.52. The Bertz CT molecular complexity index is 890. The summed E-state index contributed by atoms with van der Waals surface area (Å²) in [6, 6.07) is 16.5. The maximum atomic E-state index is 12.3. The van der Waals surface area contributed by atoms with Gasteiger partial charge < -0.3 is 0 Å². The zero-order chi connectivity index (χ0) is 18.5. The molecule has 0 atom stereocenters. The van der Waals surface area contributed by atoms with Crippen LogP contribution in [0.15, 0.2) is 53.9 Å². The van der Waals surface area contributed by atoms with E-state index in [0.717, 1.165) is 33.6 Å². The Hall–Kier alpha value is -2.11. The van der Waals surface area contributed by atoms with Crippen molar-refractivity contribution in [1.29, 1.82) is 0 Å². The lowest BCUT2D eigenvalue weighted by Gasteiger charge is -2.21. The van der Waals surface area contributed by atoms with Crippen molar-refractivity contribution in [3.8, 4) is 0 Å². The largest absolute Gasteiger partial charge is 0.274 e. The molecular formula is C21H22N2OS2. The highest BCUT2D eigenvalue weighted by Crippen LogP contribution is 2.33. The quantitative estimate of drug-likeness (QED) is 0.534. The molecule has 1 amide bonds. The van der Waals surface area contributed by atoms with Gasteiger partial charge in [0.2, 0.25) is 5.91 Å². The van der Waals surface area contributed by atoms with Crippen molar-refractivity contribution < 1.29 is 4.79 Å². The van der Waals surface area contributed by atoms with Crippen molar-refractivity contribution in [3.05, 3.63) is 76.3 Å². The van der Waals surface area contributed by atoms with Gasteiger partial charge >= 0.3 is 0 Å². The van der Waals surface area contributed by atoms with E-state index in [1.807, 2.05) is 42.3 Å². The van der Waals surface area contributed by atoms with Crippen LogP contribution in [-0.4, -0.2) is 10.9 Å². The van der Waals surface area contributed by atoms with Gasteiger partial charge in [0.15, 0.2) is 5.13 Å². The van der Waals surface area contributed by atoms with Crippen molar-refractivity contribution in [2.45, 2.75) is 32.3 Å². The van der Waals surface area contributed by atoms with Crippen molar-refractivity contribution >= 4 is 39.8 Å². The molecule has 0 aliphatic heterocycles. The average molecular weight is 383 g/mol. The van der Waals surface area contributed by atoms with E-state index in [4.69, 9.17) is 4.98 Å². The number of carbonyl (C=O) groups excluding carboxylic acids is 1. The maximum absolute atomic E-state index is 12.3. The third-order valence-corrected chi connectivity index (χ3v) is 6.14. The molecule has 0 aliphatic rings. The van der Waals surface area contributed by atoms with E-state index in [1.54, 1.807) is 11.8 Å². The van der Waals surface area contributed by atoms with Gasteiger partial charge in [-0.25, -0.2) is 4.98 Å². The molecule has 1 heterocycles. The van der Waals surface area contributed by atoms with Crippen LogP contribution in [0.1, 0.15) is 29.3 Å². The van der Waals surface area contributed by atoms with Crippen LogP contribution in [0.5, 0.6) is 0 Å². The summed E-state index contributed by atoms with van der Waals surface area (Å²) in [5, 5.41) is 2.79. The van der Waals surface area contributed by atoms with Gasteiger partial charge in [-0.2, -0.15) is 11.8 Å². The summed E-state index contributed by atoms with van der Waals surface area (Å²) in [5.74, 6) is 1.78. The Morgan fingerprint density at radius 3 is 2.58 bits per heavy atom. The molecule has 26 heavy (non-hydrogen) atoms. The van der Waals surface area contributed by atoms with Crippen molar-refractivity contribution in [2.75, 3.05) is 4.90 Å². The van der Waals surface area contributed by atoms with Crippen LogP contribution in [0.4, 0.5) is 10.8 Å². The normalized spacial score (nSPS) is 10.7. The van der Waals surface area contributed by atoms with E-state index < -0.39 is 0 Å². The Kier molecular flexibility index (Phi) is 6.12. The first-order chi connectivity index (χ1) is 12.6. The van der Waals surface area contributed by atoms with Crippen molar-refractivity contribution in [1.82, 2.24) is 4.98 Å². The van der Waals surface area contributed by atoms with Crippen molar-refractivity contribution in [3.63, 3.8) is 0 Å². The molecule has 3 nitrogen and oxygen atoms in total. The van der Waals surface area contributed by atoms with Gasteiger partial charge in [-0.3, -0.25) is 9.69 Å². The number of benzene rings is 2. The molecule has 0 N–H and O–H groups in total. The SMILES string of the molecule is CC(=O)N(c1nc(CSCc2ccccc2)cs1)c1cccc(C)c1C. The highest BCUT2D eigenvalue weighted by Gasteiger charge is 2.20. The highest BCUT2D eigenvalue weighted by atomic mass is 32.2. The minimum absolute atomic E-state index is 0.0171. The van der Waals surface area contributed by atoms with Gasteiger partial charge in [-0.05, 0) is 36.6 Å². The number of hydrogen-bond acceptors (Lipinski definition) is 4. The predicted octanol–water partition coefficient (Wildman–Crippen LogP) is 5.88. The fourth-order valence-electron chi connectivity index (χ4n) is 2.70. The Morgan fingerprint density at radius 1 is 1.08 bits per heavy atom. The lowest BCUT2D eigenvalue weighted by atomic mass is 10.1. The summed E-state index contributed by atoms with van der Waals surface area (Å²) in [6.45, 7) is 5.70. The predicted molar refractivity (Wildman–Crippen MR) is 112 cm³/mol. The van der Waals surface area contributed by atoms with Gasteiger partial charge in [0.25, 0.3) is 0 Å². The fourth-order valence-corrected chi connectivity index (χ4v) is 4.57. The molecule has 0 spiro atoms. The van der Waals surface area contributed by atoms with Crippen LogP contribution in [0.25, 0.3) is 0 Å². The van der Waals surface area contributed by atoms with Crippen LogP contribution in [0.2, 0.25) is 0 Å². The molecule has 134 valence electrons. The average Bonchev–Trinajstić information content (AvgIpc) is 3.08. The number of thiazole rings is 1. The van der Waals surface area contributed by atoms with Gasteiger partial charge in [-0.15, -0.1) is 11.3 Å². The minimum atomic E-state index is -0.0171. The molecule has 0 bridgehead atoms. The molecule has 0 saturated carbocycles. The molecule has 0 fully saturated rings. The lowest BCUT2D eigenvalue weighted by molar-refractivity contribution is -0.115. The first-order valence-electron chi connectivity index (χ1n) is 8.49. The number of rotatable bonds is 6. The molecule has 0 radical (unpaired) electrons. The number of aromatic nitrogens is 1. The van der Waals surface area contributed by atoms with E-state index >= 15 is 0 Å². The molecule has 5 heteroatoms. The molecule has 0 saturated heterocycles. The van der Waals surface area contributed by atoms with E-state index in [2.05, 4.69) is 37.3 Å². The number of nitrogens with zero attached hydrogens (tertiary/aromatic N) is 2. The van der Waals surface area contributed by atoms with E-state index in [-0.39, 0.29) is 5.91 Å². The zero-order valence-electron chi connectivity index (χ0n) is 15.2. The second-order valence-corrected chi connectivity index (χ2v) is 8.00. The maximum Gasteiger partial charge on any atom is 0.230 e. The van der Waals surface area contributed by atoms with Crippen LogP contribution < -0.4 is 4.90 Å². The number of anilines is 2. The summed E-state index contributed by atoms with van der Waals surface area (Å²) in [7, 11) is 0. The van der Waals surface area contributed by atoms with Crippen molar-refractivity contribution in [2.24, 2.45) is 0 Å². The Morgan fingerprint density at radius 2 is 1.85 bits per heavy atom. The van der Waals surface area contributed by atoms with Gasteiger partial charge in [0, 0.05) is 23.8 Å². The lowest BCUT2D eigenvalue weighted by Crippen LogP contribution is -2.23. The Labute approximate surface area is 163 Å². The molecule has 1 aromatic heterocycles. The van der Waals surface area contributed by atoms with E-state index in [0.29, 0.717) is 0 Å². The number of aryl methyl sites for hydroxylation is 1. The summed E-state index contributed by atoms with van der Waals surface area (Å²) >= 11 is 3.36. The highest BCUT2D eigenvalue weighted by molar-refractivity contribution is 7.97.